The molecule has 0 aliphatic carbocycles. The van der Waals surface area contributed by atoms with Crippen molar-refractivity contribution in [2.24, 2.45) is 4.36 Å². The molecule has 13 heteroatoms. The number of alkyl halides is 3. The second kappa shape index (κ2) is 11.6. The molecule has 0 amide bonds. The molecule has 5 rings (SSSR count). The molecule has 2 heterocycles. The van der Waals surface area contributed by atoms with Crippen LogP contribution in [-0.4, -0.2) is 77.2 Å². The number of nitrogens with one attached hydrogen (secondary N) is 1. The lowest BCUT2D eigenvalue weighted by Gasteiger charge is -2.48. The number of para-hydroxylation sites is 2. The minimum atomic E-state index is -4.85. The van der Waals surface area contributed by atoms with Gasteiger partial charge in [-0.2, -0.15) is 0 Å². The van der Waals surface area contributed by atoms with Gasteiger partial charge in [0.25, 0.3) is 0 Å². The third-order valence-electron chi connectivity index (χ3n) is 6.87. The smallest absolute Gasteiger partial charge is 0.406 e. The standard InChI is InChI=1S/C27H29F3N4O4S2/c1-31-40(37,19-12-10-18(11-13-19)38-27(28,29)30)32-20-16-33(14-15-35)17-23(26(20)36)34-21-6-2-4-8-24(21)39-25-9-5-3-7-22(25)34/h2-13,20,23,26,35-36H,14-17H2,1H3,(H,31,32,37). The first-order valence-electron chi connectivity index (χ1n) is 12.6. The molecule has 3 aromatic rings. The Bertz CT molecular complexity index is 1420. The molecule has 3 N–H and O–H groups in total. The summed E-state index contributed by atoms with van der Waals surface area (Å²) in [6.07, 6.45) is -5.87. The van der Waals surface area contributed by atoms with Gasteiger partial charge in [-0.15, -0.1) is 13.2 Å². The van der Waals surface area contributed by atoms with Crippen molar-refractivity contribution < 1.29 is 32.3 Å². The molecule has 4 unspecified atom stereocenters. The lowest BCUT2D eigenvalue weighted by Crippen LogP contribution is -2.65. The van der Waals surface area contributed by atoms with Gasteiger partial charge in [-0.1, -0.05) is 36.0 Å². The molecular formula is C27H29F3N4O4S2. The fourth-order valence-corrected chi connectivity index (χ4v) is 7.77. The summed E-state index contributed by atoms with van der Waals surface area (Å²) in [5, 5.41) is 21.5. The molecule has 4 atom stereocenters. The van der Waals surface area contributed by atoms with Gasteiger partial charge >= 0.3 is 6.36 Å². The van der Waals surface area contributed by atoms with Gasteiger partial charge in [0.15, 0.2) is 0 Å². The lowest BCUT2D eigenvalue weighted by atomic mass is 9.95. The van der Waals surface area contributed by atoms with Gasteiger partial charge in [0, 0.05) is 36.5 Å². The molecule has 0 saturated carbocycles. The maximum atomic E-state index is 14.0. The summed E-state index contributed by atoms with van der Waals surface area (Å²) in [6.45, 7) is 0.932. The maximum Gasteiger partial charge on any atom is 0.573 e. The highest BCUT2D eigenvalue weighted by atomic mass is 32.2. The average molecular weight is 595 g/mol. The van der Waals surface area contributed by atoms with Crippen molar-refractivity contribution in [3.63, 3.8) is 0 Å². The minimum Gasteiger partial charge on any atom is -0.406 e. The van der Waals surface area contributed by atoms with Crippen LogP contribution < -0.4 is 14.4 Å². The predicted molar refractivity (Wildman–Crippen MR) is 147 cm³/mol. The van der Waals surface area contributed by atoms with E-state index in [4.69, 9.17) is 0 Å². The summed E-state index contributed by atoms with van der Waals surface area (Å²) >= 11 is 1.64. The van der Waals surface area contributed by atoms with Crippen LogP contribution in [0.15, 0.2) is 91.8 Å². The first-order valence-corrected chi connectivity index (χ1v) is 14.9. The van der Waals surface area contributed by atoms with E-state index >= 15 is 0 Å². The highest BCUT2D eigenvalue weighted by molar-refractivity contribution is 7.99. The summed E-state index contributed by atoms with van der Waals surface area (Å²) < 4.78 is 62.8. The number of piperidine rings is 1. The third-order valence-corrected chi connectivity index (χ3v) is 10.0. The van der Waals surface area contributed by atoms with Crippen molar-refractivity contribution in [1.82, 2.24) is 9.62 Å². The fourth-order valence-electron chi connectivity index (χ4n) is 5.11. The van der Waals surface area contributed by atoms with Gasteiger partial charge < -0.3 is 19.8 Å². The average Bonchev–Trinajstić information content (AvgIpc) is 2.93. The summed E-state index contributed by atoms with van der Waals surface area (Å²) in [7, 11) is -2.00. The Morgan fingerprint density at radius 2 is 1.62 bits per heavy atom. The van der Waals surface area contributed by atoms with Crippen LogP contribution in [-0.2, 0) is 9.92 Å². The van der Waals surface area contributed by atoms with Crippen molar-refractivity contribution in [1.29, 1.82) is 0 Å². The maximum absolute atomic E-state index is 14.0. The van der Waals surface area contributed by atoms with Crippen LogP contribution >= 0.6 is 11.8 Å². The molecule has 214 valence electrons. The van der Waals surface area contributed by atoms with Crippen LogP contribution in [0.25, 0.3) is 0 Å². The molecule has 0 spiro atoms. The third kappa shape index (κ3) is 5.94. The largest absolute Gasteiger partial charge is 0.573 e. The Hall–Kier alpha value is -2.81. The van der Waals surface area contributed by atoms with E-state index in [1.165, 1.54) is 19.2 Å². The Labute approximate surface area is 235 Å². The van der Waals surface area contributed by atoms with Crippen LogP contribution in [0.3, 0.4) is 0 Å². The molecule has 1 saturated heterocycles. The van der Waals surface area contributed by atoms with E-state index in [2.05, 4.69) is 18.7 Å². The molecule has 40 heavy (non-hydrogen) atoms. The van der Waals surface area contributed by atoms with E-state index in [0.29, 0.717) is 13.1 Å². The number of benzene rings is 3. The Kier molecular flexibility index (Phi) is 8.32. The number of aliphatic hydroxyl groups is 2. The molecule has 0 aromatic heterocycles. The van der Waals surface area contributed by atoms with Crippen molar-refractivity contribution in [3.05, 3.63) is 72.8 Å². The second-order valence-electron chi connectivity index (χ2n) is 9.40. The number of anilines is 2. The first-order chi connectivity index (χ1) is 19.1. The number of hydrogen-bond acceptors (Lipinski definition) is 8. The van der Waals surface area contributed by atoms with E-state index in [-0.39, 0.29) is 18.0 Å². The van der Waals surface area contributed by atoms with Crippen LogP contribution in [0, 0.1) is 0 Å². The number of ether oxygens (including phenoxy) is 1. The topological polar surface area (TPSA) is 97.6 Å². The van der Waals surface area contributed by atoms with Gasteiger partial charge in [0.1, 0.15) is 15.7 Å². The van der Waals surface area contributed by atoms with Crippen molar-refractivity contribution in [2.75, 3.05) is 38.2 Å². The van der Waals surface area contributed by atoms with Gasteiger partial charge in [-0.3, -0.25) is 4.90 Å². The molecule has 1 fully saturated rings. The van der Waals surface area contributed by atoms with Gasteiger partial charge in [-0.25, -0.2) is 13.3 Å². The van der Waals surface area contributed by atoms with E-state index in [9.17, 15) is 27.6 Å². The Balaban J connectivity index is 1.48. The quantitative estimate of drug-likeness (QED) is 0.376. The number of halogens is 3. The zero-order valence-corrected chi connectivity index (χ0v) is 23.1. The summed E-state index contributed by atoms with van der Waals surface area (Å²) in [6, 6.07) is 19.3. The molecule has 0 radical (unpaired) electrons. The number of rotatable bonds is 7. The van der Waals surface area contributed by atoms with E-state index < -0.39 is 40.2 Å². The summed E-state index contributed by atoms with van der Waals surface area (Å²) in [5.74, 6) is -0.443. The van der Waals surface area contributed by atoms with E-state index in [1.54, 1.807) is 11.8 Å². The Morgan fingerprint density at radius 3 is 2.17 bits per heavy atom. The number of nitrogens with zero attached hydrogens (tertiary/aromatic N) is 3. The second-order valence-corrected chi connectivity index (χ2v) is 12.6. The van der Waals surface area contributed by atoms with Gasteiger partial charge in [0.2, 0.25) is 0 Å². The fraction of sp³-hybridized carbons (Fsp3) is 0.333. The minimum absolute atomic E-state index is 0.104. The predicted octanol–water partition coefficient (Wildman–Crippen LogP) is 4.26. The van der Waals surface area contributed by atoms with E-state index in [0.717, 1.165) is 33.3 Å². The molecule has 3 aromatic carbocycles. The highest BCUT2D eigenvalue weighted by Crippen LogP contribution is 2.49. The number of likely N-dealkylation sites (tertiary alicyclic amines) is 1. The first kappa shape index (κ1) is 28.7. The SMILES string of the molecule is CN=S(=O)(NC1CN(CCO)CC(N2c3ccccc3Sc3ccccc32)C1O)c1ccc(OC(F)(F)F)cc1. The molecule has 0 bridgehead atoms. The number of fused-ring (bicyclic) bond motifs is 2. The Morgan fingerprint density at radius 1 is 1.02 bits per heavy atom. The monoisotopic (exact) mass is 594 g/mol. The van der Waals surface area contributed by atoms with Crippen LogP contribution in [0.4, 0.5) is 24.5 Å². The van der Waals surface area contributed by atoms with Gasteiger partial charge in [0.05, 0.1) is 41.1 Å². The normalized spacial score (nSPS) is 22.6. The zero-order valence-electron chi connectivity index (χ0n) is 21.5. The van der Waals surface area contributed by atoms with Gasteiger partial charge in [-0.05, 0) is 48.5 Å². The summed E-state index contributed by atoms with van der Waals surface area (Å²) in [5.41, 5.74) is 1.86. The zero-order chi connectivity index (χ0) is 28.5. The molecule has 2 aliphatic rings. The number of β-amino-alcohol motifs (C(OH)–C–C–N with tert-alkyl or cyclic N) is 1. The van der Waals surface area contributed by atoms with Crippen LogP contribution in [0.1, 0.15) is 0 Å². The van der Waals surface area contributed by atoms with Crippen LogP contribution in [0.2, 0.25) is 0 Å². The van der Waals surface area contributed by atoms with Crippen molar-refractivity contribution in [2.45, 2.75) is 39.2 Å². The van der Waals surface area contributed by atoms with E-state index in [1.807, 2.05) is 53.4 Å². The number of aliphatic hydroxyl groups excluding tert-OH is 2. The summed E-state index contributed by atoms with van der Waals surface area (Å²) in [4.78, 5) is 6.30. The molecule has 2 aliphatic heterocycles. The highest BCUT2D eigenvalue weighted by Gasteiger charge is 2.43. The van der Waals surface area contributed by atoms with Crippen molar-refractivity contribution >= 4 is 33.1 Å². The van der Waals surface area contributed by atoms with Crippen molar-refractivity contribution in [3.8, 4) is 5.75 Å². The molecule has 8 nitrogen and oxygen atoms in total. The number of hydrogen-bond donors (Lipinski definition) is 3. The van der Waals surface area contributed by atoms with Crippen LogP contribution in [0.5, 0.6) is 5.75 Å². The lowest BCUT2D eigenvalue weighted by molar-refractivity contribution is -0.274. The molecular weight excluding hydrogens is 565 g/mol.